The molecule has 0 N–H and O–H groups in total. The molecule has 0 aliphatic heterocycles. The maximum atomic E-state index is 4.18. The van der Waals surface area contributed by atoms with Crippen molar-refractivity contribution in [3.63, 3.8) is 0 Å². The molecule has 0 aromatic heterocycles. The molecule has 3 rings (SSSR count). The summed E-state index contributed by atoms with van der Waals surface area (Å²) in [6.07, 6.45) is 19.2. The van der Waals surface area contributed by atoms with Crippen LogP contribution < -0.4 is 0 Å². The van der Waals surface area contributed by atoms with E-state index in [4.69, 9.17) is 0 Å². The molecule has 32 heavy (non-hydrogen) atoms. The van der Waals surface area contributed by atoms with Crippen molar-refractivity contribution in [2.45, 2.75) is 117 Å². The van der Waals surface area contributed by atoms with Gasteiger partial charge in [0.05, 0.1) is 0 Å². The quantitative estimate of drug-likeness (QED) is 0.305. The molecule has 2 aliphatic rings. The number of benzene rings is 1. The van der Waals surface area contributed by atoms with Crippen LogP contribution in [0.1, 0.15) is 127 Å². The number of hydrogen-bond donors (Lipinski definition) is 0. The summed E-state index contributed by atoms with van der Waals surface area (Å²) in [5, 5.41) is 0. The highest BCUT2D eigenvalue weighted by Gasteiger charge is 2.28. The normalized spacial score (nSPS) is 19.1. The third-order valence-corrected chi connectivity index (χ3v) is 7.73. The molecule has 2 aliphatic carbocycles. The summed E-state index contributed by atoms with van der Waals surface area (Å²) in [5.41, 5.74) is 9.31. The molecular formula is C32H48. The van der Waals surface area contributed by atoms with Gasteiger partial charge in [0.2, 0.25) is 0 Å². The minimum atomic E-state index is 0.546. The zero-order chi connectivity index (χ0) is 23.1. The van der Waals surface area contributed by atoms with Gasteiger partial charge in [-0.05, 0) is 92.2 Å². The van der Waals surface area contributed by atoms with Crippen LogP contribution >= 0.6 is 0 Å². The highest BCUT2D eigenvalue weighted by atomic mass is 14.3. The summed E-state index contributed by atoms with van der Waals surface area (Å²) >= 11 is 0. The molecule has 0 saturated heterocycles. The fourth-order valence-electron chi connectivity index (χ4n) is 6.21. The molecule has 176 valence electrons. The van der Waals surface area contributed by atoms with Crippen LogP contribution in [0.4, 0.5) is 0 Å². The lowest BCUT2D eigenvalue weighted by molar-refractivity contribution is 0.276. The lowest BCUT2D eigenvalue weighted by atomic mass is 9.71. The number of rotatable bonds is 11. The van der Waals surface area contributed by atoms with E-state index in [-0.39, 0.29) is 0 Å². The Morgan fingerprint density at radius 2 is 1.75 bits per heavy atom. The van der Waals surface area contributed by atoms with Gasteiger partial charge in [-0.1, -0.05) is 100 Å². The summed E-state index contributed by atoms with van der Waals surface area (Å²) in [7, 11) is 0. The lowest BCUT2D eigenvalue weighted by Gasteiger charge is -2.34. The van der Waals surface area contributed by atoms with Crippen LogP contribution in [-0.2, 0) is 6.42 Å². The van der Waals surface area contributed by atoms with E-state index < -0.39 is 0 Å². The maximum Gasteiger partial charge on any atom is -0.00578 e. The fourth-order valence-corrected chi connectivity index (χ4v) is 6.21. The SMILES string of the molecule is C=C(C)C[C@@H](C)c1ccc(C(CC(C)C)C2CCCCC2)c(CC2=CC=C(CCC)C2)c1. The van der Waals surface area contributed by atoms with Crippen molar-refractivity contribution in [2.24, 2.45) is 11.8 Å². The van der Waals surface area contributed by atoms with Crippen molar-refractivity contribution in [1.29, 1.82) is 0 Å². The molecule has 1 fully saturated rings. The minimum absolute atomic E-state index is 0.546. The molecule has 2 atom stereocenters. The molecule has 1 aromatic rings. The molecule has 0 bridgehead atoms. The first-order chi connectivity index (χ1) is 15.4. The van der Waals surface area contributed by atoms with Gasteiger partial charge in [-0.3, -0.25) is 0 Å². The number of hydrogen-bond acceptors (Lipinski definition) is 0. The Kier molecular flexibility index (Phi) is 9.45. The van der Waals surface area contributed by atoms with E-state index in [2.05, 4.69) is 71.5 Å². The molecule has 0 heterocycles. The van der Waals surface area contributed by atoms with Crippen molar-refractivity contribution in [3.8, 4) is 0 Å². The van der Waals surface area contributed by atoms with Gasteiger partial charge in [-0.25, -0.2) is 0 Å². The molecular weight excluding hydrogens is 384 g/mol. The van der Waals surface area contributed by atoms with Crippen LogP contribution in [0.15, 0.2) is 53.6 Å². The predicted octanol–water partition coefficient (Wildman–Crippen LogP) is 10.1. The van der Waals surface area contributed by atoms with E-state index in [9.17, 15) is 0 Å². The summed E-state index contributed by atoms with van der Waals surface area (Å²) in [6, 6.07) is 7.57. The highest BCUT2D eigenvalue weighted by molar-refractivity contribution is 5.42. The van der Waals surface area contributed by atoms with E-state index in [0.29, 0.717) is 5.92 Å². The van der Waals surface area contributed by atoms with Crippen molar-refractivity contribution in [2.75, 3.05) is 0 Å². The van der Waals surface area contributed by atoms with Crippen LogP contribution in [-0.4, -0.2) is 0 Å². The van der Waals surface area contributed by atoms with Crippen molar-refractivity contribution in [1.82, 2.24) is 0 Å². The second kappa shape index (κ2) is 12.1. The van der Waals surface area contributed by atoms with Gasteiger partial charge in [0.15, 0.2) is 0 Å². The van der Waals surface area contributed by atoms with Crippen molar-refractivity contribution < 1.29 is 0 Å². The van der Waals surface area contributed by atoms with Crippen LogP contribution in [0.25, 0.3) is 0 Å². The lowest BCUT2D eigenvalue weighted by Crippen LogP contribution is -2.20. The molecule has 0 radical (unpaired) electrons. The maximum absolute atomic E-state index is 4.18. The zero-order valence-corrected chi connectivity index (χ0v) is 21.7. The Hall–Kier alpha value is -1.56. The second-order valence-electron chi connectivity index (χ2n) is 11.4. The predicted molar refractivity (Wildman–Crippen MR) is 142 cm³/mol. The Morgan fingerprint density at radius 3 is 2.41 bits per heavy atom. The van der Waals surface area contributed by atoms with Gasteiger partial charge >= 0.3 is 0 Å². The Labute approximate surface area is 199 Å². The van der Waals surface area contributed by atoms with E-state index in [0.717, 1.165) is 30.6 Å². The van der Waals surface area contributed by atoms with Gasteiger partial charge in [0.25, 0.3) is 0 Å². The first-order valence-corrected chi connectivity index (χ1v) is 13.5. The molecule has 1 aromatic carbocycles. The summed E-state index contributed by atoms with van der Waals surface area (Å²) in [6.45, 7) is 15.8. The summed E-state index contributed by atoms with van der Waals surface area (Å²) in [4.78, 5) is 0. The average Bonchev–Trinajstić information content (AvgIpc) is 3.19. The highest BCUT2D eigenvalue weighted by Crippen LogP contribution is 2.42. The molecule has 0 amide bonds. The monoisotopic (exact) mass is 432 g/mol. The van der Waals surface area contributed by atoms with Gasteiger partial charge < -0.3 is 0 Å². The number of allylic oxidation sites excluding steroid dienone is 5. The van der Waals surface area contributed by atoms with Crippen molar-refractivity contribution in [3.05, 3.63) is 70.3 Å². The van der Waals surface area contributed by atoms with E-state index in [1.165, 1.54) is 68.9 Å². The first kappa shape index (κ1) is 25.1. The zero-order valence-electron chi connectivity index (χ0n) is 21.7. The molecule has 1 unspecified atom stereocenters. The molecule has 0 nitrogen and oxygen atoms in total. The molecule has 0 spiro atoms. The van der Waals surface area contributed by atoms with E-state index in [1.54, 1.807) is 22.3 Å². The smallest absolute Gasteiger partial charge is 0.00578 e. The van der Waals surface area contributed by atoms with Gasteiger partial charge in [-0.15, -0.1) is 6.58 Å². The van der Waals surface area contributed by atoms with E-state index >= 15 is 0 Å². The van der Waals surface area contributed by atoms with E-state index in [1.807, 2.05) is 0 Å². The Bertz CT molecular complexity index is 812. The van der Waals surface area contributed by atoms with Crippen LogP contribution in [0.5, 0.6) is 0 Å². The largest absolute Gasteiger partial charge is 0.100 e. The standard InChI is InChI=1S/C32H48/c1-7-11-26-14-15-27(20-26)21-30-22-29(25(6)18-23(2)3)16-17-31(30)32(19-24(4)5)28-12-9-8-10-13-28/h14-17,22,24-25,28,32H,2,7-13,18-21H2,1,3-6H3/t25-,32?/m1/s1. The van der Waals surface area contributed by atoms with Crippen LogP contribution in [0.3, 0.4) is 0 Å². The topological polar surface area (TPSA) is 0 Å². The third kappa shape index (κ3) is 6.97. The third-order valence-electron chi connectivity index (χ3n) is 7.73. The van der Waals surface area contributed by atoms with Crippen molar-refractivity contribution >= 4 is 0 Å². The average molecular weight is 433 g/mol. The Balaban J connectivity index is 1.92. The molecule has 0 heteroatoms. The fraction of sp³-hybridized carbons (Fsp3) is 0.625. The van der Waals surface area contributed by atoms with Crippen LogP contribution in [0.2, 0.25) is 0 Å². The van der Waals surface area contributed by atoms with Gasteiger partial charge in [0, 0.05) is 0 Å². The Morgan fingerprint density at radius 1 is 1.03 bits per heavy atom. The van der Waals surface area contributed by atoms with Gasteiger partial charge in [0.1, 0.15) is 0 Å². The van der Waals surface area contributed by atoms with Crippen LogP contribution in [0, 0.1) is 11.8 Å². The minimum Gasteiger partial charge on any atom is -0.100 e. The summed E-state index contributed by atoms with van der Waals surface area (Å²) < 4.78 is 0. The molecule has 1 saturated carbocycles. The first-order valence-electron chi connectivity index (χ1n) is 13.5. The van der Waals surface area contributed by atoms with Gasteiger partial charge in [-0.2, -0.15) is 0 Å². The summed E-state index contributed by atoms with van der Waals surface area (Å²) in [5.74, 6) is 2.89. The second-order valence-corrected chi connectivity index (χ2v) is 11.4.